The molecule has 1 amide bonds. The Morgan fingerprint density at radius 1 is 1.00 bits per heavy atom. The summed E-state index contributed by atoms with van der Waals surface area (Å²) in [4.78, 5) is 14.1. The Kier molecular flexibility index (Phi) is 4.65. The number of rotatable bonds is 3. The maximum atomic E-state index is 13.0. The third kappa shape index (κ3) is 3.51. The molecule has 1 saturated heterocycles. The van der Waals surface area contributed by atoms with Crippen LogP contribution in [0.25, 0.3) is 0 Å². The number of carbonyl (C=O) groups is 1. The van der Waals surface area contributed by atoms with E-state index in [0.29, 0.717) is 5.56 Å². The Hall–Kier alpha value is -2.21. The number of likely N-dealkylation sites (tertiary alicyclic amines) is 1. The summed E-state index contributed by atoms with van der Waals surface area (Å²) < 4.78 is 38.0. The molecule has 0 bridgehead atoms. The molecule has 138 valence electrons. The van der Waals surface area contributed by atoms with Gasteiger partial charge in [-0.1, -0.05) is 32.9 Å². The van der Waals surface area contributed by atoms with Crippen LogP contribution in [-0.4, -0.2) is 37.6 Å². The molecule has 0 saturated carbocycles. The topological polar surface area (TPSA) is 54.5 Å². The highest BCUT2D eigenvalue weighted by molar-refractivity contribution is 7.92. The maximum absolute atomic E-state index is 13.0. The highest BCUT2D eigenvalue weighted by atomic mass is 32.2. The average molecular weight is 375 g/mol. The zero-order chi connectivity index (χ0) is 19.1. The summed E-state index contributed by atoms with van der Waals surface area (Å²) in [7, 11) is -3.55. The van der Waals surface area contributed by atoms with Gasteiger partial charge >= 0.3 is 0 Å². The van der Waals surface area contributed by atoms with Crippen LogP contribution in [0.4, 0.5) is 4.39 Å². The minimum Gasteiger partial charge on any atom is -0.336 e. The monoisotopic (exact) mass is 375 g/mol. The standard InChI is InChI=1S/C20H22FNO3S/c1-20(2,3)15-6-4-14(5-7-15)19(23)22-12-18(13-22)26(24,25)17-10-8-16(21)9-11-17/h4-11,18H,12-13H2,1-3H3. The Morgan fingerprint density at radius 2 is 1.54 bits per heavy atom. The first-order chi connectivity index (χ1) is 12.1. The predicted molar refractivity (Wildman–Crippen MR) is 98.4 cm³/mol. The van der Waals surface area contributed by atoms with E-state index < -0.39 is 20.9 Å². The molecule has 0 aromatic heterocycles. The molecule has 0 atom stereocenters. The van der Waals surface area contributed by atoms with Gasteiger partial charge in [0, 0.05) is 18.7 Å². The first-order valence-corrected chi connectivity index (χ1v) is 10.0. The summed E-state index contributed by atoms with van der Waals surface area (Å²) in [5.74, 6) is -0.649. The average Bonchev–Trinajstić information content (AvgIpc) is 2.53. The zero-order valence-corrected chi connectivity index (χ0v) is 15.9. The second-order valence-electron chi connectivity index (χ2n) is 7.66. The minimum atomic E-state index is -3.55. The quantitative estimate of drug-likeness (QED) is 0.773. The largest absolute Gasteiger partial charge is 0.336 e. The molecule has 2 aromatic rings. The summed E-state index contributed by atoms with van der Waals surface area (Å²) in [5, 5.41) is -0.647. The fourth-order valence-corrected chi connectivity index (χ4v) is 4.57. The van der Waals surface area contributed by atoms with Crippen LogP contribution in [0.2, 0.25) is 0 Å². The molecule has 1 aliphatic rings. The van der Waals surface area contributed by atoms with Crippen LogP contribution >= 0.6 is 0 Å². The molecule has 3 rings (SSSR count). The molecule has 1 heterocycles. The predicted octanol–water partition coefficient (Wildman–Crippen LogP) is 3.42. The van der Waals surface area contributed by atoms with E-state index in [1.54, 1.807) is 12.1 Å². The van der Waals surface area contributed by atoms with Gasteiger partial charge in [0.25, 0.3) is 5.91 Å². The van der Waals surface area contributed by atoms with Crippen molar-refractivity contribution in [1.82, 2.24) is 4.90 Å². The van der Waals surface area contributed by atoms with Gasteiger partial charge in [0.1, 0.15) is 11.1 Å². The van der Waals surface area contributed by atoms with Crippen LogP contribution in [0.5, 0.6) is 0 Å². The molecule has 0 aliphatic carbocycles. The number of nitrogens with zero attached hydrogens (tertiary/aromatic N) is 1. The van der Waals surface area contributed by atoms with Crippen LogP contribution in [0.15, 0.2) is 53.4 Å². The van der Waals surface area contributed by atoms with Gasteiger partial charge in [-0.25, -0.2) is 12.8 Å². The number of benzene rings is 2. The molecule has 2 aromatic carbocycles. The fraction of sp³-hybridized carbons (Fsp3) is 0.350. The maximum Gasteiger partial charge on any atom is 0.253 e. The van der Waals surface area contributed by atoms with Crippen LogP contribution < -0.4 is 0 Å². The second-order valence-corrected chi connectivity index (χ2v) is 9.89. The number of halogens is 1. The number of carbonyl (C=O) groups excluding carboxylic acids is 1. The molecule has 6 heteroatoms. The van der Waals surface area contributed by atoms with E-state index >= 15 is 0 Å². The lowest BCUT2D eigenvalue weighted by Gasteiger charge is -2.38. The van der Waals surface area contributed by atoms with E-state index in [9.17, 15) is 17.6 Å². The smallest absolute Gasteiger partial charge is 0.253 e. The molecular formula is C20H22FNO3S. The first kappa shape index (κ1) is 18.6. The highest BCUT2D eigenvalue weighted by Gasteiger charge is 2.40. The van der Waals surface area contributed by atoms with E-state index in [1.807, 2.05) is 12.1 Å². The van der Waals surface area contributed by atoms with Crippen LogP contribution in [0.3, 0.4) is 0 Å². The first-order valence-electron chi connectivity index (χ1n) is 8.48. The normalized spacial score (nSPS) is 15.6. The third-order valence-corrected chi connectivity index (χ3v) is 6.82. The molecule has 0 spiro atoms. The molecule has 0 radical (unpaired) electrons. The van der Waals surface area contributed by atoms with Crippen LogP contribution in [0.1, 0.15) is 36.7 Å². The number of hydrogen-bond donors (Lipinski definition) is 0. The Bertz CT molecular complexity index is 907. The molecule has 4 nitrogen and oxygen atoms in total. The summed E-state index contributed by atoms with van der Waals surface area (Å²) in [5.41, 5.74) is 1.69. The molecule has 0 N–H and O–H groups in total. The van der Waals surface area contributed by atoms with Gasteiger partial charge < -0.3 is 4.90 Å². The van der Waals surface area contributed by atoms with Crippen molar-refractivity contribution in [2.45, 2.75) is 36.3 Å². The highest BCUT2D eigenvalue weighted by Crippen LogP contribution is 2.26. The Labute approximate surface area is 153 Å². The van der Waals surface area contributed by atoms with Crippen molar-refractivity contribution in [3.05, 3.63) is 65.5 Å². The number of amides is 1. The Morgan fingerprint density at radius 3 is 2.04 bits per heavy atom. The molecule has 1 fully saturated rings. The van der Waals surface area contributed by atoms with E-state index in [2.05, 4.69) is 20.8 Å². The molecular weight excluding hydrogens is 353 g/mol. The third-order valence-electron chi connectivity index (χ3n) is 4.71. The summed E-state index contributed by atoms with van der Waals surface area (Å²) in [6.07, 6.45) is 0. The lowest BCUT2D eigenvalue weighted by Crippen LogP contribution is -2.56. The van der Waals surface area contributed by atoms with Crippen LogP contribution in [0, 0.1) is 5.82 Å². The number of sulfone groups is 1. The van der Waals surface area contributed by atoms with Crippen molar-refractivity contribution in [2.75, 3.05) is 13.1 Å². The van der Waals surface area contributed by atoms with E-state index in [-0.39, 0.29) is 29.3 Å². The molecule has 1 aliphatic heterocycles. The fourth-order valence-electron chi connectivity index (χ4n) is 2.91. The summed E-state index contributed by atoms with van der Waals surface area (Å²) in [6, 6.07) is 12.2. The van der Waals surface area contributed by atoms with Crippen LogP contribution in [-0.2, 0) is 15.3 Å². The summed E-state index contributed by atoms with van der Waals surface area (Å²) >= 11 is 0. The lowest BCUT2D eigenvalue weighted by atomic mass is 9.86. The summed E-state index contributed by atoms with van der Waals surface area (Å²) in [6.45, 7) is 6.61. The number of hydrogen-bond acceptors (Lipinski definition) is 3. The van der Waals surface area contributed by atoms with E-state index in [1.165, 1.54) is 17.0 Å². The van der Waals surface area contributed by atoms with Crippen molar-refractivity contribution in [2.24, 2.45) is 0 Å². The lowest BCUT2D eigenvalue weighted by molar-refractivity contribution is 0.0659. The second kappa shape index (κ2) is 6.50. The van der Waals surface area contributed by atoms with Gasteiger partial charge in [0.05, 0.1) is 4.90 Å². The van der Waals surface area contributed by atoms with Crippen molar-refractivity contribution in [3.8, 4) is 0 Å². The van der Waals surface area contributed by atoms with Gasteiger partial charge in [-0.3, -0.25) is 4.79 Å². The minimum absolute atomic E-state index is 0.00661. The zero-order valence-electron chi connectivity index (χ0n) is 15.1. The molecule has 0 unspecified atom stereocenters. The van der Waals surface area contributed by atoms with Gasteiger partial charge in [0.2, 0.25) is 0 Å². The van der Waals surface area contributed by atoms with E-state index in [4.69, 9.17) is 0 Å². The molecule has 26 heavy (non-hydrogen) atoms. The van der Waals surface area contributed by atoms with Crippen molar-refractivity contribution in [1.29, 1.82) is 0 Å². The van der Waals surface area contributed by atoms with E-state index in [0.717, 1.165) is 17.7 Å². The van der Waals surface area contributed by atoms with Gasteiger partial charge in [0.15, 0.2) is 9.84 Å². The Balaban J connectivity index is 1.67. The van der Waals surface area contributed by atoms with Gasteiger partial charge in [-0.05, 0) is 47.4 Å². The van der Waals surface area contributed by atoms with Gasteiger partial charge in [-0.15, -0.1) is 0 Å². The van der Waals surface area contributed by atoms with Gasteiger partial charge in [-0.2, -0.15) is 0 Å². The van der Waals surface area contributed by atoms with Crippen molar-refractivity contribution < 1.29 is 17.6 Å². The van der Waals surface area contributed by atoms with Crippen molar-refractivity contribution in [3.63, 3.8) is 0 Å². The van der Waals surface area contributed by atoms with Crippen molar-refractivity contribution >= 4 is 15.7 Å². The SMILES string of the molecule is CC(C)(C)c1ccc(C(=O)N2CC(S(=O)(=O)c3ccc(F)cc3)C2)cc1.